The van der Waals surface area contributed by atoms with Crippen LogP contribution in [0.4, 0.5) is 0 Å². The summed E-state index contributed by atoms with van der Waals surface area (Å²) in [7, 11) is 1.62. The monoisotopic (exact) mass is 279 g/mol. The molecule has 1 N–H and O–H groups in total. The van der Waals surface area contributed by atoms with E-state index in [1.807, 2.05) is 12.1 Å². The molecule has 0 fully saturated rings. The van der Waals surface area contributed by atoms with Gasteiger partial charge in [0.25, 0.3) is 0 Å². The smallest absolute Gasteiger partial charge is 0.215 e. The van der Waals surface area contributed by atoms with Crippen molar-refractivity contribution < 1.29 is 4.74 Å². The Hall–Kier alpha value is -2.36. The molecule has 21 heavy (non-hydrogen) atoms. The second kappa shape index (κ2) is 4.88. The van der Waals surface area contributed by atoms with E-state index in [1.54, 1.807) is 7.11 Å². The summed E-state index contributed by atoms with van der Waals surface area (Å²) in [5.41, 5.74) is 4.64. The second-order valence-corrected chi connectivity index (χ2v) is 5.56. The zero-order valence-corrected chi connectivity index (χ0v) is 12.0. The first-order valence-electron chi connectivity index (χ1n) is 7.31. The molecule has 0 spiro atoms. The Labute approximate surface area is 123 Å². The first-order chi connectivity index (χ1) is 10.3. The Morgan fingerprint density at radius 2 is 1.95 bits per heavy atom. The highest BCUT2D eigenvalue weighted by Gasteiger charge is 2.22. The molecule has 0 saturated heterocycles. The number of ether oxygens (including phenoxy) is 1. The van der Waals surface area contributed by atoms with Crippen molar-refractivity contribution in [3.63, 3.8) is 0 Å². The van der Waals surface area contributed by atoms with Gasteiger partial charge < -0.3 is 9.72 Å². The number of imidazole rings is 1. The third-order valence-electron chi connectivity index (χ3n) is 4.28. The maximum atomic E-state index is 5.16. The number of fused-ring (bicyclic) bond motifs is 2. The van der Waals surface area contributed by atoms with Crippen LogP contribution in [0.25, 0.3) is 11.2 Å². The van der Waals surface area contributed by atoms with E-state index in [9.17, 15) is 0 Å². The number of aromatic nitrogens is 3. The molecule has 0 aliphatic heterocycles. The molecule has 1 aromatic carbocycles. The number of pyridine rings is 1. The van der Waals surface area contributed by atoms with Crippen molar-refractivity contribution in [2.24, 2.45) is 0 Å². The minimum Gasteiger partial charge on any atom is -0.481 e. The van der Waals surface area contributed by atoms with E-state index in [4.69, 9.17) is 4.74 Å². The third-order valence-corrected chi connectivity index (χ3v) is 4.28. The average molecular weight is 279 g/mol. The highest BCUT2D eigenvalue weighted by Crippen LogP contribution is 2.32. The molecule has 4 nitrogen and oxygen atoms in total. The van der Waals surface area contributed by atoms with Gasteiger partial charge in [0.2, 0.25) is 5.88 Å². The molecule has 0 bridgehead atoms. The summed E-state index contributed by atoms with van der Waals surface area (Å²) in [5.74, 6) is 2.09. The number of hydrogen-bond acceptors (Lipinski definition) is 3. The minimum absolute atomic E-state index is 0.445. The summed E-state index contributed by atoms with van der Waals surface area (Å²) >= 11 is 0. The quantitative estimate of drug-likeness (QED) is 0.783. The Kier molecular flexibility index (Phi) is 2.88. The summed E-state index contributed by atoms with van der Waals surface area (Å²) < 4.78 is 5.16. The lowest BCUT2D eigenvalue weighted by Crippen LogP contribution is -2.13. The van der Waals surface area contributed by atoms with Crippen molar-refractivity contribution in [3.8, 4) is 5.88 Å². The van der Waals surface area contributed by atoms with Gasteiger partial charge in [-0.05, 0) is 36.5 Å². The number of nitrogens with zero attached hydrogens (tertiary/aromatic N) is 2. The molecular formula is C17H17N3O. The largest absolute Gasteiger partial charge is 0.481 e. The van der Waals surface area contributed by atoms with Gasteiger partial charge in [-0.3, -0.25) is 0 Å². The Balaban J connectivity index is 1.68. The van der Waals surface area contributed by atoms with E-state index in [1.165, 1.54) is 11.1 Å². The number of aryl methyl sites for hydroxylation is 1. The highest BCUT2D eigenvalue weighted by atomic mass is 16.5. The van der Waals surface area contributed by atoms with Crippen molar-refractivity contribution in [3.05, 3.63) is 53.3 Å². The maximum Gasteiger partial charge on any atom is 0.215 e. The van der Waals surface area contributed by atoms with Crippen molar-refractivity contribution in [2.45, 2.75) is 25.2 Å². The highest BCUT2D eigenvalue weighted by molar-refractivity contribution is 5.71. The summed E-state index contributed by atoms with van der Waals surface area (Å²) in [6, 6.07) is 12.5. The maximum absolute atomic E-state index is 5.16. The first kappa shape index (κ1) is 12.4. The minimum atomic E-state index is 0.445. The van der Waals surface area contributed by atoms with E-state index in [0.29, 0.717) is 11.8 Å². The van der Waals surface area contributed by atoms with Gasteiger partial charge in [0.15, 0.2) is 5.65 Å². The van der Waals surface area contributed by atoms with E-state index >= 15 is 0 Å². The fourth-order valence-electron chi connectivity index (χ4n) is 3.13. The van der Waals surface area contributed by atoms with Crippen LogP contribution in [0.2, 0.25) is 0 Å². The fourth-order valence-corrected chi connectivity index (χ4v) is 3.13. The van der Waals surface area contributed by atoms with Crippen molar-refractivity contribution >= 4 is 11.2 Å². The molecule has 1 atom stereocenters. The number of H-pyrrole nitrogens is 1. The molecule has 1 aliphatic carbocycles. The van der Waals surface area contributed by atoms with E-state index in [0.717, 1.165) is 36.3 Å². The molecule has 2 heterocycles. The predicted molar refractivity (Wildman–Crippen MR) is 81.6 cm³/mol. The van der Waals surface area contributed by atoms with Crippen LogP contribution in [-0.4, -0.2) is 22.1 Å². The van der Waals surface area contributed by atoms with Crippen LogP contribution >= 0.6 is 0 Å². The number of aromatic amines is 1. The molecule has 4 heteroatoms. The summed E-state index contributed by atoms with van der Waals surface area (Å²) in [6.45, 7) is 0. The molecule has 0 saturated carbocycles. The number of methoxy groups -OCH3 is 1. The van der Waals surface area contributed by atoms with Gasteiger partial charge in [-0.15, -0.1) is 0 Å². The van der Waals surface area contributed by atoms with Gasteiger partial charge in [0.1, 0.15) is 5.82 Å². The number of nitrogens with one attached hydrogen (secondary N) is 1. The van der Waals surface area contributed by atoms with Crippen LogP contribution in [0, 0.1) is 0 Å². The molecule has 0 amide bonds. The summed E-state index contributed by atoms with van der Waals surface area (Å²) in [5, 5.41) is 0. The average Bonchev–Trinajstić information content (AvgIpc) is 2.97. The normalized spacial score (nSPS) is 17.7. The zero-order chi connectivity index (χ0) is 14.2. The molecule has 1 unspecified atom stereocenters. The lowest BCUT2D eigenvalue weighted by molar-refractivity contribution is 0.399. The standard InChI is InChI=1S/C17H17N3O/c1-21-15-9-8-14-17(19-15)20-16(18-14)13-7-6-11-4-2-3-5-12(11)10-13/h2-5,8-9,13H,6-7,10H2,1H3,(H,18,19,20). The molecule has 1 aliphatic rings. The molecule has 0 radical (unpaired) electrons. The zero-order valence-electron chi connectivity index (χ0n) is 12.0. The van der Waals surface area contributed by atoms with E-state index in [2.05, 4.69) is 39.2 Å². The summed E-state index contributed by atoms with van der Waals surface area (Å²) in [4.78, 5) is 12.5. The number of rotatable bonds is 2. The first-order valence-corrected chi connectivity index (χ1v) is 7.31. The third kappa shape index (κ3) is 2.17. The predicted octanol–water partition coefficient (Wildman–Crippen LogP) is 3.24. The van der Waals surface area contributed by atoms with Crippen molar-refractivity contribution in [1.29, 1.82) is 0 Å². The fraction of sp³-hybridized carbons (Fsp3) is 0.294. The molecule has 4 rings (SSSR count). The topological polar surface area (TPSA) is 50.8 Å². The molecule has 106 valence electrons. The van der Waals surface area contributed by atoms with Crippen LogP contribution < -0.4 is 4.74 Å². The van der Waals surface area contributed by atoms with Gasteiger partial charge >= 0.3 is 0 Å². The van der Waals surface area contributed by atoms with Gasteiger partial charge in [-0.1, -0.05) is 24.3 Å². The Morgan fingerprint density at radius 3 is 2.81 bits per heavy atom. The van der Waals surface area contributed by atoms with Gasteiger partial charge in [-0.25, -0.2) is 4.98 Å². The van der Waals surface area contributed by atoms with Gasteiger partial charge in [0.05, 0.1) is 12.6 Å². The summed E-state index contributed by atoms with van der Waals surface area (Å²) in [6.07, 6.45) is 3.30. The Morgan fingerprint density at radius 1 is 1.10 bits per heavy atom. The van der Waals surface area contributed by atoms with Crippen LogP contribution in [0.1, 0.15) is 29.3 Å². The second-order valence-electron chi connectivity index (χ2n) is 5.56. The lowest BCUT2D eigenvalue weighted by atomic mass is 9.83. The van der Waals surface area contributed by atoms with Crippen LogP contribution in [0.15, 0.2) is 36.4 Å². The SMILES string of the molecule is COc1ccc2[nH]c(C3CCc4ccccc4C3)nc2n1. The van der Waals surface area contributed by atoms with Crippen molar-refractivity contribution in [1.82, 2.24) is 15.0 Å². The number of benzene rings is 1. The molecule has 2 aromatic heterocycles. The lowest BCUT2D eigenvalue weighted by Gasteiger charge is -2.22. The van der Waals surface area contributed by atoms with E-state index < -0.39 is 0 Å². The van der Waals surface area contributed by atoms with Crippen molar-refractivity contribution in [2.75, 3.05) is 7.11 Å². The van der Waals surface area contributed by atoms with Crippen LogP contribution in [-0.2, 0) is 12.8 Å². The van der Waals surface area contributed by atoms with Crippen LogP contribution in [0.5, 0.6) is 5.88 Å². The van der Waals surface area contributed by atoms with Gasteiger partial charge in [-0.2, -0.15) is 4.98 Å². The van der Waals surface area contributed by atoms with E-state index in [-0.39, 0.29) is 0 Å². The Bertz CT molecular complexity index is 794. The van der Waals surface area contributed by atoms with Crippen LogP contribution in [0.3, 0.4) is 0 Å². The number of hydrogen-bond donors (Lipinski definition) is 1. The molecule has 3 aromatic rings. The molecular weight excluding hydrogens is 262 g/mol. The van der Waals surface area contributed by atoms with Gasteiger partial charge in [0, 0.05) is 12.0 Å².